The number of rotatable bonds is 4. The van der Waals surface area contributed by atoms with E-state index in [1.54, 1.807) is 23.3 Å². The highest BCUT2D eigenvalue weighted by atomic mass is 19.2. The van der Waals surface area contributed by atoms with Gasteiger partial charge in [0.1, 0.15) is 16.9 Å². The molecule has 1 unspecified atom stereocenters. The van der Waals surface area contributed by atoms with E-state index in [2.05, 4.69) is 20.2 Å². The van der Waals surface area contributed by atoms with Gasteiger partial charge in [-0.2, -0.15) is 5.10 Å². The van der Waals surface area contributed by atoms with Crippen molar-refractivity contribution < 1.29 is 18.4 Å². The summed E-state index contributed by atoms with van der Waals surface area (Å²) < 4.78 is 35.0. The quantitative estimate of drug-likeness (QED) is 0.455. The van der Waals surface area contributed by atoms with E-state index in [1.165, 1.54) is 25.1 Å². The monoisotopic (exact) mass is 421 g/mol. The molecule has 0 radical (unpaired) electrons. The predicted octanol–water partition coefficient (Wildman–Crippen LogP) is 4.15. The Bertz CT molecular complexity index is 1420. The molecule has 5 aromatic rings. The van der Waals surface area contributed by atoms with Gasteiger partial charge in [0.05, 0.1) is 6.20 Å². The second kappa shape index (κ2) is 6.85. The number of aromatic amines is 1. The first-order chi connectivity index (χ1) is 14.8. The highest BCUT2D eigenvalue weighted by Crippen LogP contribution is 2.36. The zero-order valence-corrected chi connectivity index (χ0v) is 16.6. The first-order valence-corrected chi connectivity index (χ1v) is 9.45. The maximum Gasteiger partial charge on any atom is 0.173 e. The van der Waals surface area contributed by atoms with E-state index in [0.717, 1.165) is 22.6 Å². The Kier molecular flexibility index (Phi) is 4.23. The lowest BCUT2D eigenvalue weighted by atomic mass is 9.92. The van der Waals surface area contributed by atoms with E-state index in [-0.39, 0.29) is 11.3 Å². The molecule has 7 nitrogen and oxygen atoms in total. The molecule has 0 saturated carbocycles. The molecule has 0 aliphatic carbocycles. The van der Waals surface area contributed by atoms with E-state index in [1.807, 2.05) is 19.3 Å². The summed E-state index contributed by atoms with van der Waals surface area (Å²) in [6, 6.07) is 7.06. The van der Waals surface area contributed by atoms with Crippen molar-refractivity contribution in [3.63, 3.8) is 0 Å². The number of aryl methyl sites for hydroxylation is 1. The van der Waals surface area contributed by atoms with E-state index in [4.69, 9.17) is 4.52 Å². The fourth-order valence-corrected chi connectivity index (χ4v) is 3.59. The van der Waals surface area contributed by atoms with Gasteiger partial charge in [0.15, 0.2) is 17.4 Å². The van der Waals surface area contributed by atoms with Gasteiger partial charge < -0.3 is 14.6 Å². The second-order valence-electron chi connectivity index (χ2n) is 7.48. The van der Waals surface area contributed by atoms with Crippen LogP contribution in [0.5, 0.6) is 0 Å². The summed E-state index contributed by atoms with van der Waals surface area (Å²) >= 11 is 0. The molecule has 5 rings (SSSR count). The Morgan fingerprint density at radius 3 is 2.77 bits per heavy atom. The number of H-pyrrole nitrogens is 1. The molecule has 156 valence electrons. The largest absolute Gasteiger partial charge is 0.377 e. The van der Waals surface area contributed by atoms with Gasteiger partial charge in [-0.05, 0) is 19.1 Å². The number of pyridine rings is 1. The summed E-state index contributed by atoms with van der Waals surface area (Å²) in [5, 5.41) is 19.9. The van der Waals surface area contributed by atoms with E-state index >= 15 is 0 Å². The fourth-order valence-electron chi connectivity index (χ4n) is 3.59. The van der Waals surface area contributed by atoms with Crippen LogP contribution in [-0.4, -0.2) is 30.0 Å². The third kappa shape index (κ3) is 3.10. The van der Waals surface area contributed by atoms with Crippen molar-refractivity contribution in [3.8, 4) is 22.4 Å². The molecule has 4 aromatic heterocycles. The number of nitrogens with zero attached hydrogens (tertiary/aromatic N) is 4. The van der Waals surface area contributed by atoms with Gasteiger partial charge in [-0.3, -0.25) is 4.68 Å². The molecule has 1 atom stereocenters. The molecule has 2 N–H and O–H groups in total. The third-order valence-corrected chi connectivity index (χ3v) is 5.31. The molecule has 1 aromatic carbocycles. The Hall–Kier alpha value is -3.85. The van der Waals surface area contributed by atoms with Crippen LogP contribution >= 0.6 is 0 Å². The Morgan fingerprint density at radius 2 is 2.00 bits per heavy atom. The van der Waals surface area contributed by atoms with Gasteiger partial charge in [-0.25, -0.2) is 13.8 Å². The number of fused-ring (bicyclic) bond motifs is 1. The Labute approximate surface area is 175 Å². The molecule has 0 fully saturated rings. The highest BCUT2D eigenvalue weighted by molar-refractivity contribution is 5.94. The lowest BCUT2D eigenvalue weighted by Crippen LogP contribution is -2.24. The van der Waals surface area contributed by atoms with Crippen molar-refractivity contribution in [1.29, 1.82) is 0 Å². The van der Waals surface area contributed by atoms with Crippen LogP contribution < -0.4 is 0 Å². The van der Waals surface area contributed by atoms with Gasteiger partial charge in [0, 0.05) is 59.3 Å². The summed E-state index contributed by atoms with van der Waals surface area (Å²) in [7, 11) is 1.83. The molecule has 9 heteroatoms. The van der Waals surface area contributed by atoms with Crippen LogP contribution in [0.1, 0.15) is 18.2 Å². The number of halogens is 2. The Morgan fingerprint density at radius 1 is 1.16 bits per heavy atom. The lowest BCUT2D eigenvalue weighted by Gasteiger charge is -2.21. The van der Waals surface area contributed by atoms with Gasteiger partial charge in [-0.1, -0.05) is 17.3 Å². The number of nitrogens with one attached hydrogen (secondary N) is 1. The van der Waals surface area contributed by atoms with Crippen molar-refractivity contribution in [3.05, 3.63) is 78.1 Å². The average Bonchev–Trinajstić information content (AvgIpc) is 3.48. The van der Waals surface area contributed by atoms with E-state index in [9.17, 15) is 13.9 Å². The maximum atomic E-state index is 14.3. The van der Waals surface area contributed by atoms with Crippen LogP contribution in [0.3, 0.4) is 0 Å². The van der Waals surface area contributed by atoms with Crippen LogP contribution in [0, 0.1) is 11.6 Å². The standard InChI is InChI=1S/C22H17F2N5O2/c1-22(30,16-4-3-5-17(23)20(16)24)19-7-18(28-31-19)15-10-26-21-14(15)6-12(8-25-21)13-9-27-29(2)11-13/h3-11,30H,1-2H3,(H,25,26). The molecule has 4 heterocycles. The van der Waals surface area contributed by atoms with Gasteiger partial charge in [0.25, 0.3) is 0 Å². The molecular weight excluding hydrogens is 404 g/mol. The number of aliphatic hydroxyl groups is 1. The van der Waals surface area contributed by atoms with E-state index in [0.29, 0.717) is 16.9 Å². The molecule has 31 heavy (non-hydrogen) atoms. The highest BCUT2D eigenvalue weighted by Gasteiger charge is 2.34. The normalized spacial score (nSPS) is 13.6. The third-order valence-electron chi connectivity index (χ3n) is 5.31. The van der Waals surface area contributed by atoms with Crippen LogP contribution in [-0.2, 0) is 12.6 Å². The lowest BCUT2D eigenvalue weighted by molar-refractivity contribution is 0.0651. The predicted molar refractivity (Wildman–Crippen MR) is 109 cm³/mol. The van der Waals surface area contributed by atoms with Crippen molar-refractivity contribution in [1.82, 2.24) is 24.9 Å². The summed E-state index contributed by atoms with van der Waals surface area (Å²) in [5.74, 6) is -2.20. The number of aromatic nitrogens is 5. The van der Waals surface area contributed by atoms with Crippen LogP contribution in [0.4, 0.5) is 8.78 Å². The summed E-state index contributed by atoms with van der Waals surface area (Å²) in [6.45, 7) is 1.33. The molecule has 0 aliphatic heterocycles. The second-order valence-corrected chi connectivity index (χ2v) is 7.48. The van der Waals surface area contributed by atoms with E-state index < -0.39 is 17.2 Å². The van der Waals surface area contributed by atoms with Crippen molar-refractivity contribution in [2.75, 3.05) is 0 Å². The molecular formula is C22H17F2N5O2. The minimum absolute atomic E-state index is 0.0160. The zero-order chi connectivity index (χ0) is 21.8. The van der Waals surface area contributed by atoms with Crippen molar-refractivity contribution in [2.24, 2.45) is 7.05 Å². The smallest absolute Gasteiger partial charge is 0.173 e. The van der Waals surface area contributed by atoms with Crippen molar-refractivity contribution in [2.45, 2.75) is 12.5 Å². The number of hydrogen-bond acceptors (Lipinski definition) is 5. The van der Waals surface area contributed by atoms with Gasteiger partial charge in [0.2, 0.25) is 0 Å². The molecule has 0 saturated heterocycles. The van der Waals surface area contributed by atoms with Crippen molar-refractivity contribution >= 4 is 11.0 Å². The first-order valence-electron chi connectivity index (χ1n) is 9.45. The maximum absolute atomic E-state index is 14.3. The first kappa shape index (κ1) is 19.1. The fraction of sp³-hybridized carbons (Fsp3) is 0.136. The minimum Gasteiger partial charge on any atom is -0.377 e. The summed E-state index contributed by atoms with van der Waals surface area (Å²) in [5.41, 5.74) is 1.39. The van der Waals surface area contributed by atoms with Crippen LogP contribution in [0.2, 0.25) is 0 Å². The number of hydrogen-bond donors (Lipinski definition) is 2. The molecule has 0 amide bonds. The summed E-state index contributed by atoms with van der Waals surface area (Å²) in [4.78, 5) is 7.53. The van der Waals surface area contributed by atoms with Gasteiger partial charge in [-0.15, -0.1) is 0 Å². The molecule has 0 bridgehead atoms. The Balaban J connectivity index is 1.57. The minimum atomic E-state index is -1.91. The molecule has 0 aliphatic rings. The van der Waals surface area contributed by atoms with Crippen LogP contribution in [0.25, 0.3) is 33.4 Å². The number of benzene rings is 1. The molecule has 0 spiro atoms. The topological polar surface area (TPSA) is 92.8 Å². The zero-order valence-electron chi connectivity index (χ0n) is 16.6. The SMILES string of the molecule is Cn1cc(-c2cnc3[nH]cc(-c4cc(C(C)(O)c5cccc(F)c5F)on4)c3c2)cn1. The summed E-state index contributed by atoms with van der Waals surface area (Å²) in [6.07, 6.45) is 7.09. The van der Waals surface area contributed by atoms with Crippen LogP contribution in [0.15, 0.2) is 59.6 Å². The average molecular weight is 421 g/mol. The van der Waals surface area contributed by atoms with Gasteiger partial charge >= 0.3 is 0 Å².